The number of hydrogen-bond donors (Lipinski definition) is 2. The van der Waals surface area contributed by atoms with E-state index < -0.39 is 5.97 Å². The number of amides is 1. The topological polar surface area (TPSA) is 105 Å². The number of hydrogen-bond acceptors (Lipinski definition) is 6. The van der Waals surface area contributed by atoms with Crippen LogP contribution in [0.5, 0.6) is 0 Å². The second kappa shape index (κ2) is 9.13. The van der Waals surface area contributed by atoms with Gasteiger partial charge in [0, 0.05) is 29.9 Å². The Morgan fingerprint density at radius 1 is 1.00 bits per heavy atom. The Bertz CT molecular complexity index is 1010. The molecule has 0 saturated heterocycles. The summed E-state index contributed by atoms with van der Waals surface area (Å²) in [5.41, 5.74) is 2.68. The van der Waals surface area contributed by atoms with Crippen molar-refractivity contribution in [1.29, 1.82) is 0 Å². The first-order valence-corrected chi connectivity index (χ1v) is 10.8. The summed E-state index contributed by atoms with van der Waals surface area (Å²) in [7, 11) is 0. The van der Waals surface area contributed by atoms with Crippen LogP contribution in [0.15, 0.2) is 48.8 Å². The third-order valence-electron chi connectivity index (χ3n) is 5.53. The second-order valence-electron chi connectivity index (χ2n) is 7.54. The van der Waals surface area contributed by atoms with Gasteiger partial charge in [-0.1, -0.05) is 23.5 Å². The van der Waals surface area contributed by atoms with Crippen molar-refractivity contribution in [3.05, 3.63) is 59.9 Å². The molecule has 2 heterocycles. The molecule has 3 aromatic rings. The number of benzene rings is 1. The van der Waals surface area contributed by atoms with Crippen LogP contribution in [0.2, 0.25) is 0 Å². The highest BCUT2D eigenvalue weighted by atomic mass is 32.1. The molecule has 2 aromatic heterocycles. The van der Waals surface area contributed by atoms with E-state index >= 15 is 0 Å². The molecule has 7 nitrogen and oxygen atoms in total. The van der Waals surface area contributed by atoms with Crippen molar-refractivity contribution in [1.82, 2.24) is 15.2 Å². The van der Waals surface area contributed by atoms with Gasteiger partial charge >= 0.3 is 5.97 Å². The summed E-state index contributed by atoms with van der Waals surface area (Å²) in [4.78, 5) is 27.4. The number of aromatic nitrogens is 3. The summed E-state index contributed by atoms with van der Waals surface area (Å²) in [5.74, 6) is -0.215. The lowest BCUT2D eigenvalue weighted by Crippen LogP contribution is -2.16. The molecule has 0 radical (unpaired) electrons. The molecule has 0 spiro atoms. The van der Waals surface area contributed by atoms with Gasteiger partial charge in [-0.2, -0.15) is 0 Å². The number of nitrogens with one attached hydrogen (secondary N) is 1. The first kappa shape index (κ1) is 20.2. The minimum atomic E-state index is -0.711. The van der Waals surface area contributed by atoms with Crippen LogP contribution in [0.25, 0.3) is 10.6 Å². The molecular formula is C22H22N4O3S. The van der Waals surface area contributed by atoms with E-state index in [0.29, 0.717) is 16.6 Å². The first-order chi connectivity index (χ1) is 14.6. The normalized spacial score (nSPS) is 18.7. The summed E-state index contributed by atoms with van der Waals surface area (Å²) < 4.78 is 0. The van der Waals surface area contributed by atoms with Crippen molar-refractivity contribution < 1.29 is 14.7 Å². The van der Waals surface area contributed by atoms with Crippen LogP contribution < -0.4 is 5.32 Å². The quantitative estimate of drug-likeness (QED) is 0.601. The number of pyridine rings is 1. The van der Waals surface area contributed by atoms with Gasteiger partial charge < -0.3 is 5.11 Å². The number of anilines is 1. The molecule has 2 N–H and O–H groups in total. The minimum Gasteiger partial charge on any atom is -0.481 e. The average Bonchev–Trinajstić information content (AvgIpc) is 3.23. The van der Waals surface area contributed by atoms with Crippen LogP contribution in [-0.2, 0) is 4.79 Å². The molecule has 0 bridgehead atoms. The van der Waals surface area contributed by atoms with Crippen LogP contribution in [0.4, 0.5) is 5.13 Å². The Kier molecular flexibility index (Phi) is 6.13. The molecular weight excluding hydrogens is 400 g/mol. The van der Waals surface area contributed by atoms with Crippen molar-refractivity contribution >= 4 is 28.3 Å². The van der Waals surface area contributed by atoms with Gasteiger partial charge in [-0.25, -0.2) is 0 Å². The van der Waals surface area contributed by atoms with Gasteiger partial charge in [0.25, 0.3) is 5.91 Å². The van der Waals surface area contributed by atoms with Gasteiger partial charge in [-0.05, 0) is 67.3 Å². The van der Waals surface area contributed by atoms with Crippen LogP contribution in [0.3, 0.4) is 0 Å². The van der Waals surface area contributed by atoms with Crippen LogP contribution >= 0.6 is 11.3 Å². The first-order valence-electron chi connectivity index (χ1n) is 9.95. The predicted molar refractivity (Wildman–Crippen MR) is 114 cm³/mol. The maximum Gasteiger partial charge on any atom is 0.303 e. The maximum atomic E-state index is 12.6. The van der Waals surface area contributed by atoms with E-state index in [1.165, 1.54) is 16.9 Å². The molecule has 8 heteroatoms. The Labute approximate surface area is 178 Å². The highest BCUT2D eigenvalue weighted by Crippen LogP contribution is 2.37. The number of rotatable bonds is 6. The zero-order chi connectivity index (χ0) is 20.9. The third kappa shape index (κ3) is 4.88. The molecule has 30 heavy (non-hydrogen) atoms. The summed E-state index contributed by atoms with van der Waals surface area (Å²) in [6.07, 6.45) is 7.51. The predicted octanol–water partition coefficient (Wildman–Crippen LogP) is 4.60. The number of nitrogens with zero attached hydrogens (tertiary/aromatic N) is 3. The maximum absolute atomic E-state index is 12.6. The SMILES string of the molecule is O=C(O)CC1CCC(c2ccc(C(=O)Nc3nnc(-c4ccncc4)s3)cc2)CC1. The van der Waals surface area contributed by atoms with Crippen LogP contribution in [0, 0.1) is 5.92 Å². The molecule has 1 saturated carbocycles. The van der Waals surface area contributed by atoms with Gasteiger partial charge in [-0.3, -0.25) is 19.9 Å². The number of aliphatic carboxylic acids is 1. The van der Waals surface area contributed by atoms with Gasteiger partial charge in [0.1, 0.15) is 5.01 Å². The van der Waals surface area contributed by atoms with Gasteiger partial charge in [0.2, 0.25) is 5.13 Å². The lowest BCUT2D eigenvalue weighted by atomic mass is 9.77. The molecule has 1 aliphatic rings. The van der Waals surface area contributed by atoms with Crippen molar-refractivity contribution in [2.75, 3.05) is 5.32 Å². The molecule has 1 aromatic carbocycles. The highest BCUT2D eigenvalue weighted by Gasteiger charge is 2.24. The van der Waals surface area contributed by atoms with E-state index in [2.05, 4.69) is 20.5 Å². The van der Waals surface area contributed by atoms with E-state index in [4.69, 9.17) is 5.11 Å². The lowest BCUT2D eigenvalue weighted by Gasteiger charge is -2.28. The minimum absolute atomic E-state index is 0.218. The van der Waals surface area contributed by atoms with Gasteiger partial charge in [0.15, 0.2) is 0 Å². The van der Waals surface area contributed by atoms with Crippen LogP contribution in [-0.4, -0.2) is 32.2 Å². The Balaban J connectivity index is 1.35. The molecule has 1 amide bonds. The van der Waals surface area contributed by atoms with Crippen molar-refractivity contribution in [2.24, 2.45) is 5.92 Å². The summed E-state index contributed by atoms with van der Waals surface area (Å²) in [6, 6.07) is 11.4. The van der Waals surface area contributed by atoms with E-state index in [9.17, 15) is 9.59 Å². The van der Waals surface area contributed by atoms with E-state index in [1.54, 1.807) is 12.4 Å². The van der Waals surface area contributed by atoms with Gasteiger partial charge in [-0.15, -0.1) is 10.2 Å². The summed E-state index contributed by atoms with van der Waals surface area (Å²) >= 11 is 1.32. The summed E-state index contributed by atoms with van der Waals surface area (Å²) in [5, 5.41) is 21.1. The average molecular weight is 423 g/mol. The van der Waals surface area contributed by atoms with Crippen molar-refractivity contribution in [3.63, 3.8) is 0 Å². The zero-order valence-electron chi connectivity index (χ0n) is 16.3. The molecule has 1 aliphatic carbocycles. The Morgan fingerprint density at radius 2 is 1.70 bits per heavy atom. The fourth-order valence-electron chi connectivity index (χ4n) is 3.91. The fraction of sp³-hybridized carbons (Fsp3) is 0.318. The smallest absolute Gasteiger partial charge is 0.303 e. The third-order valence-corrected chi connectivity index (χ3v) is 6.41. The number of carbonyl (C=O) groups excluding carboxylic acids is 1. The number of carboxylic acid groups (broad SMARTS) is 1. The molecule has 0 unspecified atom stereocenters. The monoisotopic (exact) mass is 422 g/mol. The van der Waals surface area contributed by atoms with E-state index in [1.807, 2.05) is 36.4 Å². The van der Waals surface area contributed by atoms with E-state index in [-0.39, 0.29) is 18.2 Å². The lowest BCUT2D eigenvalue weighted by molar-refractivity contribution is -0.138. The molecule has 0 aliphatic heterocycles. The molecule has 154 valence electrons. The Morgan fingerprint density at radius 3 is 2.37 bits per heavy atom. The number of carbonyl (C=O) groups is 2. The van der Waals surface area contributed by atoms with Crippen LogP contribution in [0.1, 0.15) is 53.9 Å². The van der Waals surface area contributed by atoms with Crippen molar-refractivity contribution in [2.45, 2.75) is 38.0 Å². The van der Waals surface area contributed by atoms with Gasteiger partial charge in [0.05, 0.1) is 0 Å². The molecule has 1 fully saturated rings. The fourth-order valence-corrected chi connectivity index (χ4v) is 4.65. The summed E-state index contributed by atoms with van der Waals surface area (Å²) in [6.45, 7) is 0. The Hall–Kier alpha value is -3.13. The zero-order valence-corrected chi connectivity index (χ0v) is 17.1. The largest absolute Gasteiger partial charge is 0.481 e. The second-order valence-corrected chi connectivity index (χ2v) is 8.52. The molecule has 4 rings (SSSR count). The standard InChI is InChI=1S/C22H22N4O3S/c27-19(28)13-14-1-3-15(4-2-14)16-5-7-17(8-6-16)20(29)24-22-26-25-21(30-22)18-9-11-23-12-10-18/h5-12,14-15H,1-4,13H2,(H,27,28)(H,24,26,29). The van der Waals surface area contributed by atoms with Crippen molar-refractivity contribution in [3.8, 4) is 10.6 Å². The highest BCUT2D eigenvalue weighted by molar-refractivity contribution is 7.18. The molecule has 0 atom stereocenters. The number of carboxylic acids is 1. The van der Waals surface area contributed by atoms with E-state index in [0.717, 1.165) is 36.3 Å².